The number of hydrogen-bond acceptors (Lipinski definition) is 2. The van der Waals surface area contributed by atoms with Crippen LogP contribution in [0.2, 0.25) is 0 Å². The molecule has 0 radical (unpaired) electrons. The largest absolute Gasteiger partial charge is 0.508 e. The number of phenols is 1. The summed E-state index contributed by atoms with van der Waals surface area (Å²) in [4.78, 5) is 12.1. The quantitative estimate of drug-likeness (QED) is 0.710. The second-order valence-corrected chi connectivity index (χ2v) is 2.86. The molecular formula is C9H12N2O2. The monoisotopic (exact) mass is 180 g/mol. The third kappa shape index (κ3) is 2.66. The molecule has 1 rings (SSSR count). The van der Waals surface area contributed by atoms with Gasteiger partial charge >= 0.3 is 6.03 Å². The van der Waals surface area contributed by atoms with Crippen LogP contribution in [0, 0.1) is 0 Å². The average Bonchev–Trinajstić information content (AvgIpc) is 2.08. The van der Waals surface area contributed by atoms with Crippen molar-refractivity contribution in [3.05, 3.63) is 29.8 Å². The highest BCUT2D eigenvalue weighted by atomic mass is 16.3. The van der Waals surface area contributed by atoms with E-state index in [0.717, 1.165) is 5.56 Å². The van der Waals surface area contributed by atoms with Crippen LogP contribution in [-0.4, -0.2) is 23.1 Å². The second-order valence-electron chi connectivity index (χ2n) is 2.86. The molecule has 1 aromatic carbocycles. The maximum atomic E-state index is 10.7. The minimum absolute atomic E-state index is 0.213. The van der Waals surface area contributed by atoms with Crippen LogP contribution in [0.5, 0.6) is 5.75 Å². The van der Waals surface area contributed by atoms with Crippen molar-refractivity contribution in [3.8, 4) is 5.75 Å². The molecule has 13 heavy (non-hydrogen) atoms. The molecule has 2 amide bonds. The first-order valence-corrected chi connectivity index (χ1v) is 3.88. The van der Waals surface area contributed by atoms with Crippen LogP contribution in [0.15, 0.2) is 24.3 Å². The summed E-state index contributed by atoms with van der Waals surface area (Å²) in [6.45, 7) is 0.454. The molecule has 0 aliphatic heterocycles. The van der Waals surface area contributed by atoms with Crippen LogP contribution in [0.4, 0.5) is 4.79 Å². The Hall–Kier alpha value is -1.71. The second kappa shape index (κ2) is 3.80. The first kappa shape index (κ1) is 9.38. The summed E-state index contributed by atoms with van der Waals surface area (Å²) in [6, 6.07) is 6.17. The van der Waals surface area contributed by atoms with Gasteiger partial charge in [-0.2, -0.15) is 0 Å². The van der Waals surface area contributed by atoms with Crippen LogP contribution in [0.25, 0.3) is 0 Å². The number of phenolic OH excluding ortho intramolecular Hbond substituents is 1. The van der Waals surface area contributed by atoms with Gasteiger partial charge in [-0.15, -0.1) is 0 Å². The van der Waals surface area contributed by atoms with E-state index in [1.807, 2.05) is 0 Å². The normalized spacial score (nSPS) is 9.62. The van der Waals surface area contributed by atoms with Crippen molar-refractivity contribution in [3.63, 3.8) is 0 Å². The Bertz CT molecular complexity index is 295. The van der Waals surface area contributed by atoms with E-state index in [4.69, 9.17) is 10.8 Å². The lowest BCUT2D eigenvalue weighted by molar-refractivity contribution is 0.216. The van der Waals surface area contributed by atoms with Crippen molar-refractivity contribution in [1.29, 1.82) is 0 Å². The number of primary amides is 1. The van der Waals surface area contributed by atoms with Gasteiger partial charge in [-0.05, 0) is 17.7 Å². The van der Waals surface area contributed by atoms with Crippen LogP contribution in [0.1, 0.15) is 5.56 Å². The predicted octanol–water partition coefficient (Wildman–Crippen LogP) is 0.903. The van der Waals surface area contributed by atoms with Crippen molar-refractivity contribution in [1.82, 2.24) is 4.90 Å². The van der Waals surface area contributed by atoms with E-state index in [9.17, 15) is 4.79 Å². The molecule has 3 N–H and O–H groups in total. The van der Waals surface area contributed by atoms with E-state index < -0.39 is 6.03 Å². The Balaban J connectivity index is 2.64. The minimum atomic E-state index is -0.465. The molecule has 1 aromatic rings. The zero-order chi connectivity index (χ0) is 9.84. The zero-order valence-corrected chi connectivity index (χ0v) is 7.40. The van der Waals surface area contributed by atoms with E-state index in [2.05, 4.69) is 0 Å². The molecule has 0 unspecified atom stereocenters. The number of aromatic hydroxyl groups is 1. The summed E-state index contributed by atoms with van der Waals surface area (Å²) in [5, 5.41) is 8.99. The highest BCUT2D eigenvalue weighted by Crippen LogP contribution is 2.10. The number of benzene rings is 1. The van der Waals surface area contributed by atoms with Crippen molar-refractivity contribution in [2.75, 3.05) is 7.05 Å². The maximum absolute atomic E-state index is 10.7. The topological polar surface area (TPSA) is 66.6 Å². The summed E-state index contributed by atoms with van der Waals surface area (Å²) in [6.07, 6.45) is 0. The summed E-state index contributed by atoms with van der Waals surface area (Å²) >= 11 is 0. The summed E-state index contributed by atoms with van der Waals surface area (Å²) < 4.78 is 0. The number of rotatable bonds is 2. The fourth-order valence-electron chi connectivity index (χ4n) is 0.953. The van der Waals surface area contributed by atoms with Crippen LogP contribution >= 0.6 is 0 Å². The van der Waals surface area contributed by atoms with Gasteiger partial charge in [-0.3, -0.25) is 0 Å². The van der Waals surface area contributed by atoms with Crippen molar-refractivity contribution in [2.45, 2.75) is 6.54 Å². The summed E-state index contributed by atoms with van der Waals surface area (Å²) in [5.74, 6) is 0.213. The summed E-state index contributed by atoms with van der Waals surface area (Å²) in [5.41, 5.74) is 5.98. The van der Waals surface area contributed by atoms with Gasteiger partial charge in [0.25, 0.3) is 0 Å². The third-order valence-electron chi connectivity index (χ3n) is 1.73. The van der Waals surface area contributed by atoms with Crippen LogP contribution in [-0.2, 0) is 6.54 Å². The van der Waals surface area contributed by atoms with E-state index in [-0.39, 0.29) is 5.75 Å². The highest BCUT2D eigenvalue weighted by molar-refractivity contribution is 5.71. The van der Waals surface area contributed by atoms with Gasteiger partial charge in [0.05, 0.1) is 0 Å². The SMILES string of the molecule is CN(Cc1ccc(O)cc1)C(N)=O. The first-order valence-electron chi connectivity index (χ1n) is 3.88. The van der Waals surface area contributed by atoms with Gasteiger partial charge in [0.15, 0.2) is 0 Å². The Labute approximate surface area is 76.6 Å². The Morgan fingerprint density at radius 2 is 2.00 bits per heavy atom. The molecule has 0 aliphatic rings. The number of urea groups is 1. The first-order chi connectivity index (χ1) is 6.09. The smallest absolute Gasteiger partial charge is 0.314 e. The average molecular weight is 180 g/mol. The highest BCUT2D eigenvalue weighted by Gasteiger charge is 2.03. The van der Waals surface area contributed by atoms with Gasteiger partial charge in [0.2, 0.25) is 0 Å². The number of nitrogens with two attached hydrogens (primary N) is 1. The number of hydrogen-bond donors (Lipinski definition) is 2. The molecule has 4 nitrogen and oxygen atoms in total. The van der Waals surface area contributed by atoms with Crippen molar-refractivity contribution < 1.29 is 9.90 Å². The zero-order valence-electron chi connectivity index (χ0n) is 7.40. The van der Waals surface area contributed by atoms with Gasteiger partial charge in [0, 0.05) is 13.6 Å². The Morgan fingerprint density at radius 1 is 1.46 bits per heavy atom. The van der Waals surface area contributed by atoms with Gasteiger partial charge in [-0.25, -0.2) is 4.79 Å². The van der Waals surface area contributed by atoms with Crippen LogP contribution < -0.4 is 5.73 Å². The molecule has 0 aliphatic carbocycles. The molecular weight excluding hydrogens is 168 g/mol. The standard InChI is InChI=1S/C9H12N2O2/c1-11(9(10)13)6-7-2-4-8(12)5-3-7/h2-5,12H,6H2,1H3,(H2,10,13). The molecule has 0 saturated carbocycles. The van der Waals surface area contributed by atoms with Crippen LogP contribution in [0.3, 0.4) is 0 Å². The fraction of sp³-hybridized carbons (Fsp3) is 0.222. The molecule has 4 heteroatoms. The van der Waals surface area contributed by atoms with Gasteiger partial charge in [-0.1, -0.05) is 12.1 Å². The van der Waals surface area contributed by atoms with E-state index in [1.54, 1.807) is 31.3 Å². The molecule has 0 atom stereocenters. The van der Waals surface area contributed by atoms with Gasteiger partial charge < -0.3 is 15.7 Å². The fourth-order valence-corrected chi connectivity index (χ4v) is 0.953. The van der Waals surface area contributed by atoms with Crippen molar-refractivity contribution in [2.24, 2.45) is 5.73 Å². The molecule has 0 spiro atoms. The molecule has 0 bridgehead atoms. The molecule has 0 heterocycles. The maximum Gasteiger partial charge on any atom is 0.314 e. The van der Waals surface area contributed by atoms with Crippen molar-refractivity contribution >= 4 is 6.03 Å². The molecule has 0 aromatic heterocycles. The predicted molar refractivity (Wildman–Crippen MR) is 49.2 cm³/mol. The lowest BCUT2D eigenvalue weighted by Crippen LogP contribution is -2.31. The number of amides is 2. The van der Waals surface area contributed by atoms with E-state index in [1.165, 1.54) is 4.90 Å². The molecule has 0 saturated heterocycles. The number of nitrogens with zero attached hydrogens (tertiary/aromatic N) is 1. The molecule has 0 fully saturated rings. The minimum Gasteiger partial charge on any atom is -0.508 e. The number of carbonyl (C=O) groups excluding carboxylic acids is 1. The lowest BCUT2D eigenvalue weighted by Gasteiger charge is -2.13. The lowest BCUT2D eigenvalue weighted by atomic mass is 10.2. The molecule has 70 valence electrons. The Kier molecular flexibility index (Phi) is 2.74. The third-order valence-corrected chi connectivity index (χ3v) is 1.73. The van der Waals surface area contributed by atoms with E-state index in [0.29, 0.717) is 6.54 Å². The Morgan fingerprint density at radius 3 is 2.46 bits per heavy atom. The summed E-state index contributed by atoms with van der Waals surface area (Å²) in [7, 11) is 1.62. The van der Waals surface area contributed by atoms with Gasteiger partial charge in [0.1, 0.15) is 5.75 Å². The van der Waals surface area contributed by atoms with E-state index >= 15 is 0 Å². The number of carbonyl (C=O) groups is 1.